The molecule has 152 valence electrons. The third-order valence-electron chi connectivity index (χ3n) is 6.59. The van der Waals surface area contributed by atoms with Gasteiger partial charge in [-0.2, -0.15) is 0 Å². The fraction of sp³-hybridized carbons (Fsp3) is 0.0714. The lowest BCUT2D eigenvalue weighted by Crippen LogP contribution is -2.28. The number of anilines is 2. The van der Waals surface area contributed by atoms with Crippen LogP contribution in [0.1, 0.15) is 11.6 Å². The van der Waals surface area contributed by atoms with Gasteiger partial charge in [0.1, 0.15) is 0 Å². The fourth-order valence-electron chi connectivity index (χ4n) is 5.28. The Balaban J connectivity index is 1.45. The maximum atomic E-state index is 4.73. The number of allylic oxidation sites excluding steroid dienone is 2. The first-order chi connectivity index (χ1) is 15.9. The van der Waals surface area contributed by atoms with Gasteiger partial charge in [-0.25, -0.2) is 0 Å². The van der Waals surface area contributed by atoms with E-state index in [4.69, 9.17) is 4.98 Å². The average Bonchev–Trinajstić information content (AvgIpc) is 3.37. The number of fused-ring (bicyclic) bond motifs is 6. The summed E-state index contributed by atoms with van der Waals surface area (Å²) in [5.74, 6) is 0.275. The summed E-state index contributed by atoms with van der Waals surface area (Å²) in [6.07, 6.45) is 12.6. The molecule has 1 aliphatic heterocycles. The van der Waals surface area contributed by atoms with Gasteiger partial charge in [0, 0.05) is 35.1 Å². The SMILES string of the molecule is C1=CC2c3ncccc3N(c3cccc(-n4c5ccccc5c5ncccc54)c3)C2C=C1. The molecule has 3 aromatic heterocycles. The summed E-state index contributed by atoms with van der Waals surface area (Å²) >= 11 is 0. The predicted octanol–water partition coefficient (Wildman–Crippen LogP) is 6.30. The molecule has 2 aliphatic rings. The van der Waals surface area contributed by atoms with Crippen molar-refractivity contribution in [1.82, 2.24) is 14.5 Å². The maximum Gasteiger partial charge on any atom is 0.0963 e. The summed E-state index contributed by atoms with van der Waals surface area (Å²) in [6, 6.07) is 25.9. The lowest BCUT2D eigenvalue weighted by Gasteiger charge is -2.28. The minimum Gasteiger partial charge on any atom is -0.332 e. The number of hydrogen-bond donors (Lipinski definition) is 0. The van der Waals surface area contributed by atoms with Crippen molar-refractivity contribution in [3.05, 3.63) is 115 Å². The van der Waals surface area contributed by atoms with Crippen LogP contribution in [0.4, 0.5) is 11.4 Å². The first kappa shape index (κ1) is 17.5. The molecule has 0 N–H and O–H groups in total. The van der Waals surface area contributed by atoms with E-state index in [0.717, 1.165) is 22.4 Å². The molecule has 4 heterocycles. The average molecular weight is 412 g/mol. The number of aromatic nitrogens is 3. The van der Waals surface area contributed by atoms with Crippen LogP contribution < -0.4 is 4.90 Å². The molecule has 0 radical (unpaired) electrons. The van der Waals surface area contributed by atoms with E-state index in [0.29, 0.717) is 0 Å². The van der Waals surface area contributed by atoms with Crippen LogP contribution in [0, 0.1) is 0 Å². The van der Waals surface area contributed by atoms with Crippen LogP contribution in [0.5, 0.6) is 0 Å². The third-order valence-corrected chi connectivity index (χ3v) is 6.59. The van der Waals surface area contributed by atoms with Gasteiger partial charge < -0.3 is 9.47 Å². The highest BCUT2D eigenvalue weighted by Gasteiger charge is 2.38. The van der Waals surface area contributed by atoms with Gasteiger partial charge in [0.15, 0.2) is 0 Å². The van der Waals surface area contributed by atoms with Crippen LogP contribution in [0.3, 0.4) is 0 Å². The second-order valence-corrected chi connectivity index (χ2v) is 8.31. The molecule has 4 heteroatoms. The highest BCUT2D eigenvalue weighted by Crippen LogP contribution is 2.46. The molecule has 1 aliphatic carbocycles. The fourth-order valence-corrected chi connectivity index (χ4v) is 5.28. The van der Waals surface area contributed by atoms with Crippen LogP contribution in [0.25, 0.3) is 27.6 Å². The molecule has 0 bridgehead atoms. The van der Waals surface area contributed by atoms with Gasteiger partial charge in [0.2, 0.25) is 0 Å². The smallest absolute Gasteiger partial charge is 0.0963 e. The Labute approximate surface area is 185 Å². The zero-order valence-electron chi connectivity index (χ0n) is 17.3. The van der Waals surface area contributed by atoms with E-state index in [2.05, 4.69) is 99.4 Å². The van der Waals surface area contributed by atoms with E-state index in [1.165, 1.54) is 22.3 Å². The Morgan fingerprint density at radius 3 is 2.50 bits per heavy atom. The van der Waals surface area contributed by atoms with Crippen molar-refractivity contribution in [2.45, 2.75) is 12.0 Å². The maximum absolute atomic E-state index is 4.73. The summed E-state index contributed by atoms with van der Waals surface area (Å²) in [7, 11) is 0. The van der Waals surface area contributed by atoms with Crippen molar-refractivity contribution in [2.24, 2.45) is 0 Å². The standard InChI is InChI=1S/C28H20N4/c1-3-12-23-21(10-1)27-25(14-6-16-29-27)31(23)19-8-5-9-20(18-19)32-24-13-4-2-11-22(24)28-26(32)15-7-17-30-28/h1-18,21,23H. The highest BCUT2D eigenvalue weighted by molar-refractivity contribution is 6.07. The molecule has 0 fully saturated rings. The zero-order chi connectivity index (χ0) is 21.1. The lowest BCUT2D eigenvalue weighted by molar-refractivity contribution is 0.732. The Morgan fingerprint density at radius 1 is 0.688 bits per heavy atom. The molecule has 2 atom stereocenters. The van der Waals surface area contributed by atoms with Crippen molar-refractivity contribution in [3.63, 3.8) is 0 Å². The van der Waals surface area contributed by atoms with E-state index in [1.807, 2.05) is 24.5 Å². The van der Waals surface area contributed by atoms with Crippen molar-refractivity contribution in [2.75, 3.05) is 4.90 Å². The van der Waals surface area contributed by atoms with Crippen molar-refractivity contribution in [1.29, 1.82) is 0 Å². The number of pyridine rings is 2. The molecule has 2 unspecified atom stereocenters. The minimum atomic E-state index is 0.236. The van der Waals surface area contributed by atoms with Crippen molar-refractivity contribution in [3.8, 4) is 5.69 Å². The van der Waals surface area contributed by atoms with Gasteiger partial charge in [0.05, 0.1) is 34.0 Å². The molecule has 2 aromatic carbocycles. The summed E-state index contributed by atoms with van der Waals surface area (Å²) in [6.45, 7) is 0. The number of benzene rings is 2. The van der Waals surface area contributed by atoms with E-state index >= 15 is 0 Å². The molecule has 7 rings (SSSR count). The molecule has 0 saturated heterocycles. The Morgan fingerprint density at radius 2 is 1.50 bits per heavy atom. The third kappa shape index (κ3) is 2.38. The summed E-state index contributed by atoms with van der Waals surface area (Å²) in [5, 5.41) is 1.17. The zero-order valence-corrected chi connectivity index (χ0v) is 17.3. The second kappa shape index (κ2) is 6.66. The largest absolute Gasteiger partial charge is 0.332 e. The van der Waals surface area contributed by atoms with Crippen LogP contribution in [0.15, 0.2) is 109 Å². The molecule has 4 nitrogen and oxygen atoms in total. The van der Waals surface area contributed by atoms with E-state index < -0.39 is 0 Å². The number of hydrogen-bond acceptors (Lipinski definition) is 3. The molecule has 0 amide bonds. The van der Waals surface area contributed by atoms with Crippen LogP contribution in [-0.2, 0) is 0 Å². The topological polar surface area (TPSA) is 34.0 Å². The van der Waals surface area contributed by atoms with Crippen LogP contribution >= 0.6 is 0 Å². The normalized spacial score (nSPS) is 18.9. The Hall–Kier alpha value is -4.18. The summed E-state index contributed by atoms with van der Waals surface area (Å²) in [4.78, 5) is 11.8. The van der Waals surface area contributed by atoms with Gasteiger partial charge in [0.25, 0.3) is 0 Å². The highest BCUT2D eigenvalue weighted by atomic mass is 15.2. The number of rotatable bonds is 2. The summed E-state index contributed by atoms with van der Waals surface area (Å²) in [5.41, 5.74) is 7.94. The molecule has 0 spiro atoms. The van der Waals surface area contributed by atoms with E-state index in [9.17, 15) is 0 Å². The molecule has 0 saturated carbocycles. The quantitative estimate of drug-likeness (QED) is 0.341. The second-order valence-electron chi connectivity index (χ2n) is 8.31. The molecule has 32 heavy (non-hydrogen) atoms. The molecule has 5 aromatic rings. The van der Waals surface area contributed by atoms with Gasteiger partial charge in [-0.3, -0.25) is 9.97 Å². The number of para-hydroxylation sites is 1. The van der Waals surface area contributed by atoms with Gasteiger partial charge in [-0.1, -0.05) is 48.6 Å². The monoisotopic (exact) mass is 412 g/mol. The Bertz CT molecular complexity index is 1510. The first-order valence-electron chi connectivity index (χ1n) is 10.9. The first-order valence-corrected chi connectivity index (χ1v) is 10.9. The summed E-state index contributed by atoms with van der Waals surface area (Å²) < 4.78 is 2.31. The molecular weight excluding hydrogens is 392 g/mol. The van der Waals surface area contributed by atoms with Gasteiger partial charge in [-0.05, 0) is 48.5 Å². The van der Waals surface area contributed by atoms with E-state index in [1.54, 1.807) is 0 Å². The van der Waals surface area contributed by atoms with Crippen molar-refractivity contribution >= 4 is 33.3 Å². The van der Waals surface area contributed by atoms with Crippen LogP contribution in [-0.4, -0.2) is 20.6 Å². The molecular formula is C28H20N4. The van der Waals surface area contributed by atoms with E-state index in [-0.39, 0.29) is 12.0 Å². The van der Waals surface area contributed by atoms with Gasteiger partial charge >= 0.3 is 0 Å². The van der Waals surface area contributed by atoms with Crippen molar-refractivity contribution < 1.29 is 0 Å². The Kier molecular flexibility index (Phi) is 3.64. The minimum absolute atomic E-state index is 0.236. The van der Waals surface area contributed by atoms with Gasteiger partial charge in [-0.15, -0.1) is 0 Å². The lowest BCUT2D eigenvalue weighted by atomic mass is 9.94. The number of nitrogens with zero attached hydrogens (tertiary/aromatic N) is 4. The predicted molar refractivity (Wildman–Crippen MR) is 130 cm³/mol. The van der Waals surface area contributed by atoms with Crippen LogP contribution in [0.2, 0.25) is 0 Å².